The van der Waals surface area contributed by atoms with Crippen molar-refractivity contribution >= 4 is 23.3 Å². The number of methoxy groups -OCH3 is 1. The van der Waals surface area contributed by atoms with E-state index >= 15 is 0 Å². The number of halogens is 1. The molecule has 1 unspecified atom stereocenters. The van der Waals surface area contributed by atoms with Gasteiger partial charge in [0.05, 0.1) is 12.5 Å². The summed E-state index contributed by atoms with van der Waals surface area (Å²) >= 11 is 5.59. The number of alkyl halides is 1. The highest BCUT2D eigenvalue weighted by atomic mass is 35.5. The number of Topliss-reactive ketones (excluding diaryl/α,β-unsaturated/α-hetero) is 1. The van der Waals surface area contributed by atoms with Crippen molar-refractivity contribution in [1.82, 2.24) is 9.88 Å². The van der Waals surface area contributed by atoms with Gasteiger partial charge in [0.15, 0.2) is 5.78 Å². The van der Waals surface area contributed by atoms with Crippen molar-refractivity contribution in [2.24, 2.45) is 0 Å². The largest absolute Gasteiger partial charge is 0.383 e. The predicted molar refractivity (Wildman–Crippen MR) is 78.6 cm³/mol. The highest BCUT2D eigenvalue weighted by molar-refractivity contribution is 6.30. The quantitative estimate of drug-likeness (QED) is 0.475. The van der Waals surface area contributed by atoms with Crippen molar-refractivity contribution in [3.8, 4) is 0 Å². The Hall–Kier alpha value is -1.33. The van der Waals surface area contributed by atoms with E-state index in [1.807, 2.05) is 18.4 Å². The van der Waals surface area contributed by atoms with Gasteiger partial charge in [0.2, 0.25) is 5.91 Å². The Morgan fingerprint density at radius 2 is 2.10 bits per heavy atom. The first-order valence-corrected chi connectivity index (χ1v) is 7.01. The number of carbonyl (C=O) groups excluding carboxylic acids is 2. The Morgan fingerprint density at radius 1 is 1.45 bits per heavy atom. The van der Waals surface area contributed by atoms with Gasteiger partial charge in [0, 0.05) is 30.6 Å². The topological polar surface area (TPSA) is 60.3 Å². The van der Waals surface area contributed by atoms with E-state index in [0.717, 1.165) is 11.4 Å². The zero-order valence-electron chi connectivity index (χ0n) is 12.3. The molecule has 0 aromatic carbocycles. The molecule has 0 aliphatic carbocycles. The minimum Gasteiger partial charge on any atom is -0.383 e. The lowest BCUT2D eigenvalue weighted by Crippen LogP contribution is -2.34. The number of hydrogen-bond acceptors (Lipinski definition) is 3. The van der Waals surface area contributed by atoms with Gasteiger partial charge in [-0.1, -0.05) is 0 Å². The van der Waals surface area contributed by atoms with Gasteiger partial charge in [-0.25, -0.2) is 0 Å². The number of aryl methyl sites for hydroxylation is 1. The summed E-state index contributed by atoms with van der Waals surface area (Å²) in [5.74, 6) is -0.287. The Kier molecular flexibility index (Phi) is 6.23. The van der Waals surface area contributed by atoms with Crippen LogP contribution in [0.1, 0.15) is 34.7 Å². The third kappa shape index (κ3) is 3.61. The third-order valence-electron chi connectivity index (χ3n) is 3.28. The van der Waals surface area contributed by atoms with Crippen LogP contribution in [0.2, 0.25) is 0 Å². The number of ketones is 1. The summed E-state index contributed by atoms with van der Waals surface area (Å²) in [6, 6.07) is 1.39. The van der Waals surface area contributed by atoms with Crippen LogP contribution in [0.4, 0.5) is 0 Å². The van der Waals surface area contributed by atoms with Gasteiger partial charge in [-0.15, -0.1) is 11.6 Å². The van der Waals surface area contributed by atoms with Crippen molar-refractivity contribution in [2.75, 3.05) is 26.1 Å². The number of carbonyl (C=O) groups is 2. The maximum atomic E-state index is 12.1. The first-order valence-electron chi connectivity index (χ1n) is 6.48. The fraction of sp³-hybridized carbons (Fsp3) is 0.571. The highest BCUT2D eigenvalue weighted by Crippen LogP contribution is 2.21. The van der Waals surface area contributed by atoms with Crippen LogP contribution in [0.5, 0.6) is 0 Å². The van der Waals surface area contributed by atoms with E-state index in [-0.39, 0.29) is 23.6 Å². The molecule has 20 heavy (non-hydrogen) atoms. The molecule has 0 spiro atoms. The normalized spacial score (nSPS) is 12.2. The summed E-state index contributed by atoms with van der Waals surface area (Å²) in [4.78, 5) is 23.8. The molecule has 0 aliphatic heterocycles. The monoisotopic (exact) mass is 300 g/mol. The highest BCUT2D eigenvalue weighted by Gasteiger charge is 2.22. The number of rotatable bonds is 7. The Bertz CT molecular complexity index is 497. The number of ether oxygens (including phenoxy) is 1. The lowest BCUT2D eigenvalue weighted by molar-refractivity contribution is -0.124. The minimum absolute atomic E-state index is 0.0568. The zero-order valence-corrected chi connectivity index (χ0v) is 13.1. The van der Waals surface area contributed by atoms with Crippen LogP contribution >= 0.6 is 11.6 Å². The lowest BCUT2D eigenvalue weighted by Gasteiger charge is -2.18. The molecule has 1 heterocycles. The van der Waals surface area contributed by atoms with Crippen LogP contribution in [0, 0.1) is 13.8 Å². The van der Waals surface area contributed by atoms with E-state index in [2.05, 4.69) is 5.32 Å². The average molecular weight is 301 g/mol. The van der Waals surface area contributed by atoms with Crippen LogP contribution in [0.25, 0.3) is 0 Å². The van der Waals surface area contributed by atoms with Crippen molar-refractivity contribution < 1.29 is 14.3 Å². The molecule has 1 atom stereocenters. The summed E-state index contributed by atoms with van der Waals surface area (Å²) < 4.78 is 6.74. The fourth-order valence-electron chi connectivity index (χ4n) is 2.27. The van der Waals surface area contributed by atoms with Crippen molar-refractivity contribution in [3.63, 3.8) is 0 Å². The van der Waals surface area contributed by atoms with Crippen molar-refractivity contribution in [2.45, 2.75) is 26.8 Å². The number of hydrogen-bond donors (Lipinski definition) is 1. The molecular weight excluding hydrogens is 280 g/mol. The van der Waals surface area contributed by atoms with Crippen LogP contribution in [0.3, 0.4) is 0 Å². The SMILES string of the molecule is COCCNC(=O)C(C)n1c(C)cc(C(=O)CCl)c1C. The summed E-state index contributed by atoms with van der Waals surface area (Å²) in [6.45, 7) is 6.43. The molecule has 6 heteroatoms. The molecule has 0 aliphatic rings. The molecule has 112 valence electrons. The van der Waals surface area contributed by atoms with Gasteiger partial charge in [-0.05, 0) is 26.8 Å². The molecule has 1 aromatic rings. The molecule has 0 bridgehead atoms. The zero-order chi connectivity index (χ0) is 15.3. The number of nitrogens with zero attached hydrogens (tertiary/aromatic N) is 1. The molecule has 0 saturated carbocycles. The smallest absolute Gasteiger partial charge is 0.242 e. The Labute approximate surface area is 124 Å². The molecule has 5 nitrogen and oxygen atoms in total. The minimum atomic E-state index is -0.385. The molecule has 1 N–H and O–H groups in total. The maximum Gasteiger partial charge on any atom is 0.242 e. The summed E-state index contributed by atoms with van der Waals surface area (Å²) in [6.07, 6.45) is 0. The molecule has 1 aromatic heterocycles. The van der Waals surface area contributed by atoms with Gasteiger partial charge in [0.25, 0.3) is 0 Å². The van der Waals surface area contributed by atoms with Crippen molar-refractivity contribution in [3.05, 3.63) is 23.0 Å². The number of amides is 1. The summed E-state index contributed by atoms with van der Waals surface area (Å²) in [5.41, 5.74) is 2.21. The second-order valence-corrected chi connectivity index (χ2v) is 4.94. The molecular formula is C14H21ClN2O3. The van der Waals surface area contributed by atoms with E-state index in [0.29, 0.717) is 18.7 Å². The summed E-state index contributed by atoms with van der Waals surface area (Å²) in [7, 11) is 1.58. The predicted octanol–water partition coefficient (Wildman–Crippen LogP) is 1.85. The molecule has 0 fully saturated rings. The van der Waals surface area contributed by atoms with Gasteiger partial charge < -0.3 is 14.6 Å². The standard InChI is InChI=1S/C14H21ClN2O3/c1-9-7-12(13(18)8-15)10(2)17(9)11(3)14(19)16-5-6-20-4/h7,11H,5-6,8H2,1-4H3,(H,16,19). The number of aromatic nitrogens is 1. The fourth-order valence-corrected chi connectivity index (χ4v) is 2.41. The molecule has 1 amide bonds. The lowest BCUT2D eigenvalue weighted by atomic mass is 10.2. The first kappa shape index (κ1) is 16.7. The van der Waals surface area contributed by atoms with Crippen LogP contribution in [-0.2, 0) is 9.53 Å². The van der Waals surface area contributed by atoms with Crippen LogP contribution < -0.4 is 5.32 Å². The summed E-state index contributed by atoms with van der Waals surface area (Å²) in [5, 5.41) is 2.79. The van der Waals surface area contributed by atoms with Gasteiger partial charge >= 0.3 is 0 Å². The van der Waals surface area contributed by atoms with Gasteiger partial charge in [0.1, 0.15) is 6.04 Å². The van der Waals surface area contributed by atoms with E-state index < -0.39 is 0 Å². The second-order valence-electron chi connectivity index (χ2n) is 4.67. The van der Waals surface area contributed by atoms with E-state index in [1.54, 1.807) is 20.1 Å². The Morgan fingerprint density at radius 3 is 2.65 bits per heavy atom. The maximum absolute atomic E-state index is 12.1. The van der Waals surface area contributed by atoms with Crippen LogP contribution in [-0.4, -0.2) is 42.4 Å². The molecule has 0 saturated heterocycles. The van der Waals surface area contributed by atoms with E-state index in [4.69, 9.17) is 16.3 Å². The molecule has 1 rings (SSSR count). The van der Waals surface area contributed by atoms with E-state index in [9.17, 15) is 9.59 Å². The van der Waals surface area contributed by atoms with Crippen LogP contribution in [0.15, 0.2) is 6.07 Å². The Balaban J connectivity index is 2.93. The second kappa shape index (κ2) is 7.45. The average Bonchev–Trinajstić information content (AvgIpc) is 2.72. The van der Waals surface area contributed by atoms with E-state index in [1.165, 1.54) is 0 Å². The van der Waals surface area contributed by atoms with Gasteiger partial charge in [-0.2, -0.15) is 0 Å². The molecule has 0 radical (unpaired) electrons. The van der Waals surface area contributed by atoms with Crippen molar-refractivity contribution in [1.29, 1.82) is 0 Å². The number of nitrogens with one attached hydrogen (secondary N) is 1. The van der Waals surface area contributed by atoms with Gasteiger partial charge in [-0.3, -0.25) is 9.59 Å². The third-order valence-corrected chi connectivity index (χ3v) is 3.52. The first-order chi connectivity index (χ1) is 9.43.